The van der Waals surface area contributed by atoms with E-state index in [9.17, 15) is 4.79 Å². The summed E-state index contributed by atoms with van der Waals surface area (Å²) in [6.07, 6.45) is 2.75. The van der Waals surface area contributed by atoms with Gasteiger partial charge in [-0.3, -0.25) is 9.36 Å². The van der Waals surface area contributed by atoms with Crippen LogP contribution in [0.5, 0.6) is 5.75 Å². The molecular weight excluding hydrogens is 408 g/mol. The summed E-state index contributed by atoms with van der Waals surface area (Å²) in [4.78, 5) is 12.4. The van der Waals surface area contributed by atoms with Gasteiger partial charge in [0.25, 0.3) is 0 Å². The van der Waals surface area contributed by atoms with E-state index in [0.717, 1.165) is 29.0 Å². The number of nitrogens with zero attached hydrogens (tertiary/aromatic N) is 3. The second-order valence-electron chi connectivity index (χ2n) is 7.30. The summed E-state index contributed by atoms with van der Waals surface area (Å²) in [6, 6.07) is 14.0. The molecule has 0 bridgehead atoms. The number of nitrogens with one attached hydrogen (secondary N) is 1. The monoisotopic (exact) mass is 436 g/mol. The van der Waals surface area contributed by atoms with Crippen LogP contribution in [0, 0.1) is 13.8 Å². The number of amides is 1. The highest BCUT2D eigenvalue weighted by Crippen LogP contribution is 2.21. The van der Waals surface area contributed by atoms with Crippen LogP contribution in [-0.4, -0.2) is 26.4 Å². The molecule has 0 fully saturated rings. The zero-order valence-electron chi connectivity index (χ0n) is 18.2. The molecular formula is C24H28N4O2S. The molecule has 0 aliphatic heterocycles. The van der Waals surface area contributed by atoms with Gasteiger partial charge in [0.05, 0.1) is 5.75 Å². The minimum atomic E-state index is -0.0876. The number of ether oxygens (including phenoxy) is 1. The molecule has 0 atom stereocenters. The van der Waals surface area contributed by atoms with E-state index in [4.69, 9.17) is 4.74 Å². The molecule has 0 spiro atoms. The number of aromatic nitrogens is 3. The van der Waals surface area contributed by atoms with Crippen LogP contribution in [0.1, 0.15) is 29.4 Å². The number of allylic oxidation sites excluding steroid dienone is 1. The molecule has 7 heteroatoms. The Kier molecular flexibility index (Phi) is 7.89. The summed E-state index contributed by atoms with van der Waals surface area (Å²) < 4.78 is 7.85. The van der Waals surface area contributed by atoms with Gasteiger partial charge in [0.15, 0.2) is 11.0 Å². The first-order chi connectivity index (χ1) is 15.0. The van der Waals surface area contributed by atoms with E-state index in [1.54, 1.807) is 6.08 Å². The first kappa shape index (κ1) is 22.6. The number of thioether (sulfide) groups is 1. The lowest BCUT2D eigenvalue weighted by molar-refractivity contribution is -0.113. The van der Waals surface area contributed by atoms with Gasteiger partial charge in [-0.2, -0.15) is 0 Å². The van der Waals surface area contributed by atoms with Gasteiger partial charge < -0.3 is 10.1 Å². The van der Waals surface area contributed by atoms with Gasteiger partial charge in [0, 0.05) is 12.2 Å². The minimum Gasteiger partial charge on any atom is -0.486 e. The second-order valence-corrected chi connectivity index (χ2v) is 8.24. The van der Waals surface area contributed by atoms with Crippen molar-refractivity contribution in [2.24, 2.45) is 0 Å². The lowest BCUT2D eigenvalue weighted by atomic mass is 10.1. The summed E-state index contributed by atoms with van der Waals surface area (Å²) in [5.41, 5.74) is 4.32. The number of anilines is 1. The van der Waals surface area contributed by atoms with Crippen LogP contribution in [0.25, 0.3) is 0 Å². The van der Waals surface area contributed by atoms with Crippen molar-refractivity contribution < 1.29 is 9.53 Å². The summed E-state index contributed by atoms with van der Waals surface area (Å²) in [7, 11) is 0. The number of rotatable bonds is 10. The van der Waals surface area contributed by atoms with Gasteiger partial charge in [-0.05, 0) is 61.2 Å². The Hall–Kier alpha value is -3.06. The van der Waals surface area contributed by atoms with E-state index < -0.39 is 0 Å². The van der Waals surface area contributed by atoms with Crippen molar-refractivity contribution in [3.05, 3.63) is 77.6 Å². The topological polar surface area (TPSA) is 69.0 Å². The van der Waals surface area contributed by atoms with Crippen molar-refractivity contribution in [1.82, 2.24) is 14.8 Å². The van der Waals surface area contributed by atoms with Crippen molar-refractivity contribution in [2.45, 2.75) is 45.5 Å². The highest BCUT2D eigenvalue weighted by molar-refractivity contribution is 7.99. The number of carbonyl (C=O) groups is 1. The molecule has 1 aromatic heterocycles. The average molecular weight is 437 g/mol. The average Bonchev–Trinajstić information content (AvgIpc) is 3.12. The quantitative estimate of drug-likeness (QED) is 0.360. The molecule has 3 aromatic rings. The molecule has 0 saturated heterocycles. The standard InChI is InChI=1S/C24H28N4O2S/c1-5-11-28-22(15-30-21-13-17(3)12-18(4)14-21)26-27-24(28)31-16-23(29)25-20-9-7-19(6-2)8-10-20/h5,7-10,12-14H,1,6,11,15-16H2,2-4H3,(H,25,29). The Balaban J connectivity index is 1.61. The number of hydrogen-bond donors (Lipinski definition) is 1. The number of aryl methyl sites for hydroxylation is 3. The molecule has 2 aromatic carbocycles. The van der Waals surface area contributed by atoms with Gasteiger partial charge in [-0.15, -0.1) is 16.8 Å². The van der Waals surface area contributed by atoms with Crippen LogP contribution >= 0.6 is 11.8 Å². The maximum absolute atomic E-state index is 12.4. The third-order valence-corrected chi connectivity index (χ3v) is 5.61. The molecule has 1 heterocycles. The number of benzene rings is 2. The second kappa shape index (κ2) is 10.8. The molecule has 1 amide bonds. The largest absolute Gasteiger partial charge is 0.486 e. The predicted octanol–water partition coefficient (Wildman–Crippen LogP) is 4.95. The van der Waals surface area contributed by atoms with Crippen LogP contribution < -0.4 is 10.1 Å². The van der Waals surface area contributed by atoms with Crippen molar-refractivity contribution in [3.63, 3.8) is 0 Å². The first-order valence-corrected chi connectivity index (χ1v) is 11.2. The van der Waals surface area contributed by atoms with Crippen LogP contribution in [-0.2, 0) is 24.4 Å². The number of hydrogen-bond acceptors (Lipinski definition) is 5. The van der Waals surface area contributed by atoms with E-state index in [1.807, 2.05) is 54.8 Å². The van der Waals surface area contributed by atoms with Crippen molar-refractivity contribution >= 4 is 23.4 Å². The van der Waals surface area contributed by atoms with Crippen molar-refractivity contribution in [3.8, 4) is 5.75 Å². The minimum absolute atomic E-state index is 0.0876. The Morgan fingerprint density at radius 3 is 2.52 bits per heavy atom. The third kappa shape index (κ3) is 6.46. The summed E-state index contributed by atoms with van der Waals surface area (Å²) in [5.74, 6) is 1.64. The van der Waals surface area contributed by atoms with E-state index in [1.165, 1.54) is 17.3 Å². The molecule has 0 saturated carbocycles. The fraction of sp³-hybridized carbons (Fsp3) is 0.292. The Bertz CT molecular complexity index is 1020. The van der Waals surface area contributed by atoms with E-state index in [2.05, 4.69) is 35.1 Å². The summed E-state index contributed by atoms with van der Waals surface area (Å²) in [6.45, 7) is 10.8. The molecule has 0 unspecified atom stereocenters. The molecule has 0 radical (unpaired) electrons. The third-order valence-electron chi connectivity index (χ3n) is 4.65. The molecule has 162 valence electrons. The predicted molar refractivity (Wildman–Crippen MR) is 126 cm³/mol. The molecule has 31 heavy (non-hydrogen) atoms. The fourth-order valence-electron chi connectivity index (χ4n) is 3.16. The zero-order valence-corrected chi connectivity index (χ0v) is 19.0. The highest BCUT2D eigenvalue weighted by Gasteiger charge is 2.14. The van der Waals surface area contributed by atoms with Crippen LogP contribution in [0.3, 0.4) is 0 Å². The van der Waals surface area contributed by atoms with Crippen LogP contribution in [0.2, 0.25) is 0 Å². The maximum Gasteiger partial charge on any atom is 0.234 e. The Morgan fingerprint density at radius 1 is 1.16 bits per heavy atom. The molecule has 0 aliphatic carbocycles. The molecule has 1 N–H and O–H groups in total. The Morgan fingerprint density at radius 2 is 1.87 bits per heavy atom. The highest BCUT2D eigenvalue weighted by atomic mass is 32.2. The van der Waals surface area contributed by atoms with Crippen molar-refractivity contribution in [2.75, 3.05) is 11.1 Å². The van der Waals surface area contributed by atoms with E-state index in [0.29, 0.717) is 24.1 Å². The van der Waals surface area contributed by atoms with Gasteiger partial charge in [0.1, 0.15) is 12.4 Å². The van der Waals surface area contributed by atoms with Gasteiger partial charge >= 0.3 is 0 Å². The van der Waals surface area contributed by atoms with Gasteiger partial charge in [0.2, 0.25) is 5.91 Å². The van der Waals surface area contributed by atoms with E-state index in [-0.39, 0.29) is 11.7 Å². The maximum atomic E-state index is 12.4. The molecule has 6 nitrogen and oxygen atoms in total. The summed E-state index contributed by atoms with van der Waals surface area (Å²) >= 11 is 1.34. The lowest BCUT2D eigenvalue weighted by Gasteiger charge is -2.10. The van der Waals surface area contributed by atoms with E-state index >= 15 is 0 Å². The molecule has 0 aliphatic rings. The normalized spacial score (nSPS) is 10.7. The summed E-state index contributed by atoms with van der Waals surface area (Å²) in [5, 5.41) is 12.1. The lowest BCUT2D eigenvalue weighted by Crippen LogP contribution is -2.15. The van der Waals surface area contributed by atoms with Crippen LogP contribution in [0.15, 0.2) is 60.3 Å². The number of carbonyl (C=O) groups excluding carboxylic acids is 1. The fourth-order valence-corrected chi connectivity index (χ4v) is 3.93. The van der Waals surface area contributed by atoms with Gasteiger partial charge in [-0.1, -0.05) is 43.0 Å². The SMILES string of the molecule is C=CCn1c(COc2cc(C)cc(C)c2)nnc1SCC(=O)Nc1ccc(CC)cc1. The smallest absolute Gasteiger partial charge is 0.234 e. The van der Waals surface area contributed by atoms with Crippen molar-refractivity contribution in [1.29, 1.82) is 0 Å². The van der Waals surface area contributed by atoms with Crippen LogP contribution in [0.4, 0.5) is 5.69 Å². The zero-order chi connectivity index (χ0) is 22.2. The molecule has 3 rings (SSSR count). The Labute approximate surface area is 187 Å². The van der Waals surface area contributed by atoms with Gasteiger partial charge in [-0.25, -0.2) is 0 Å². The first-order valence-electron chi connectivity index (χ1n) is 10.2.